The smallest absolute Gasteiger partial charge is 0.245 e. The maximum atomic E-state index is 14.0. The van der Waals surface area contributed by atoms with Crippen molar-refractivity contribution >= 4 is 22.8 Å². The van der Waals surface area contributed by atoms with Crippen molar-refractivity contribution in [2.24, 2.45) is 5.92 Å². The Hall–Kier alpha value is -3.33. The molecular formula is C27H35N7O2. The van der Waals surface area contributed by atoms with Gasteiger partial charge in [-0.25, -0.2) is 4.68 Å². The van der Waals surface area contributed by atoms with Crippen LogP contribution in [0.25, 0.3) is 16.7 Å². The molecule has 9 heteroatoms. The van der Waals surface area contributed by atoms with Crippen molar-refractivity contribution in [1.82, 2.24) is 35.5 Å². The first kappa shape index (κ1) is 24.4. The Kier molecular flexibility index (Phi) is 7.27. The van der Waals surface area contributed by atoms with E-state index >= 15 is 0 Å². The molecule has 2 N–H and O–H groups in total. The minimum absolute atomic E-state index is 0.0256. The number of nitrogens with zero attached hydrogens (tertiary/aromatic N) is 5. The number of likely N-dealkylation sites (tertiary alicyclic amines) is 1. The number of hydrogen-bond donors (Lipinski definition) is 2. The van der Waals surface area contributed by atoms with E-state index in [4.69, 9.17) is 0 Å². The SMILES string of the molecule is CNC(C)C(=O)NC(C(=O)N1CCCC1c1cncc(-n2nnc3ccccc32)c1)C1CCCCC1. The molecule has 2 fully saturated rings. The van der Waals surface area contributed by atoms with Crippen LogP contribution in [0.4, 0.5) is 0 Å². The fourth-order valence-electron chi connectivity index (χ4n) is 5.62. The number of rotatable bonds is 7. The molecule has 9 nitrogen and oxygen atoms in total. The fraction of sp³-hybridized carbons (Fsp3) is 0.519. The molecule has 1 aliphatic heterocycles. The number of para-hydroxylation sites is 1. The van der Waals surface area contributed by atoms with E-state index in [2.05, 4.69) is 32.0 Å². The van der Waals surface area contributed by atoms with Gasteiger partial charge in [0.15, 0.2) is 0 Å². The van der Waals surface area contributed by atoms with Gasteiger partial charge >= 0.3 is 0 Å². The molecule has 3 aromatic rings. The quantitative estimate of drug-likeness (QED) is 0.528. The van der Waals surface area contributed by atoms with E-state index in [1.807, 2.05) is 42.3 Å². The van der Waals surface area contributed by atoms with Crippen molar-refractivity contribution in [1.29, 1.82) is 0 Å². The van der Waals surface area contributed by atoms with Gasteiger partial charge < -0.3 is 15.5 Å². The van der Waals surface area contributed by atoms with Crippen molar-refractivity contribution in [2.45, 2.75) is 70.0 Å². The molecule has 0 spiro atoms. The molecule has 36 heavy (non-hydrogen) atoms. The third-order valence-electron chi connectivity index (χ3n) is 7.77. The Morgan fingerprint density at radius 1 is 1.06 bits per heavy atom. The number of hydrogen-bond acceptors (Lipinski definition) is 6. The fourth-order valence-corrected chi connectivity index (χ4v) is 5.62. The van der Waals surface area contributed by atoms with Gasteiger partial charge in [-0.2, -0.15) is 0 Å². The molecular weight excluding hydrogens is 454 g/mol. The number of aromatic nitrogens is 4. The van der Waals surface area contributed by atoms with Crippen molar-refractivity contribution in [3.05, 3.63) is 48.3 Å². The van der Waals surface area contributed by atoms with E-state index < -0.39 is 6.04 Å². The van der Waals surface area contributed by atoms with Gasteiger partial charge in [-0.15, -0.1) is 5.10 Å². The Morgan fingerprint density at radius 3 is 2.67 bits per heavy atom. The molecule has 1 saturated heterocycles. The van der Waals surface area contributed by atoms with Crippen LogP contribution in [0.2, 0.25) is 0 Å². The molecule has 3 atom stereocenters. The Labute approximate surface area is 211 Å². The molecule has 5 rings (SSSR count). The summed E-state index contributed by atoms with van der Waals surface area (Å²) >= 11 is 0. The van der Waals surface area contributed by atoms with Crippen LogP contribution in [0, 0.1) is 5.92 Å². The number of benzene rings is 1. The van der Waals surface area contributed by atoms with Gasteiger partial charge in [0, 0.05) is 12.7 Å². The van der Waals surface area contributed by atoms with E-state index in [0.29, 0.717) is 6.54 Å². The van der Waals surface area contributed by atoms with Crippen molar-refractivity contribution in [2.75, 3.05) is 13.6 Å². The normalized spacial score (nSPS) is 20.4. The average Bonchev–Trinajstić information content (AvgIpc) is 3.59. The molecule has 1 saturated carbocycles. The molecule has 3 unspecified atom stereocenters. The topological polar surface area (TPSA) is 105 Å². The zero-order chi connectivity index (χ0) is 25.1. The highest BCUT2D eigenvalue weighted by Crippen LogP contribution is 2.35. The maximum absolute atomic E-state index is 14.0. The lowest BCUT2D eigenvalue weighted by molar-refractivity contribution is -0.139. The highest BCUT2D eigenvalue weighted by Gasteiger charge is 2.39. The van der Waals surface area contributed by atoms with Crippen LogP contribution in [0.5, 0.6) is 0 Å². The minimum Gasteiger partial charge on any atom is -0.343 e. The number of amides is 2. The lowest BCUT2D eigenvalue weighted by atomic mass is 9.83. The number of carbonyl (C=O) groups is 2. The second-order valence-corrected chi connectivity index (χ2v) is 10.1. The van der Waals surface area contributed by atoms with Gasteiger partial charge in [0.1, 0.15) is 11.6 Å². The van der Waals surface area contributed by atoms with E-state index in [9.17, 15) is 9.59 Å². The highest BCUT2D eigenvalue weighted by atomic mass is 16.2. The monoisotopic (exact) mass is 489 g/mol. The van der Waals surface area contributed by atoms with Crippen LogP contribution in [0.1, 0.15) is 63.5 Å². The molecule has 0 bridgehead atoms. The molecule has 2 aliphatic rings. The Balaban J connectivity index is 1.41. The van der Waals surface area contributed by atoms with Crippen molar-refractivity contribution in [3.8, 4) is 5.69 Å². The molecule has 3 heterocycles. The number of likely N-dealkylation sites (N-methyl/N-ethyl adjacent to an activating group) is 1. The minimum atomic E-state index is -0.496. The standard InChI is InChI=1S/C27H35N7O2/c1-18(28-2)26(35)30-25(19-9-4-3-5-10-19)27(36)33-14-8-13-23(33)20-15-21(17-29-16-20)34-24-12-7-6-11-22(24)31-32-34/h6-7,11-12,15-19,23,25,28H,3-5,8-10,13-14H2,1-2H3,(H,30,35). The summed E-state index contributed by atoms with van der Waals surface area (Å²) in [6, 6.07) is 8.95. The summed E-state index contributed by atoms with van der Waals surface area (Å²) in [6.07, 6.45) is 10.8. The number of fused-ring (bicyclic) bond motifs is 1. The van der Waals surface area contributed by atoms with Crippen LogP contribution < -0.4 is 10.6 Å². The van der Waals surface area contributed by atoms with Gasteiger partial charge in [-0.05, 0) is 69.3 Å². The van der Waals surface area contributed by atoms with Crippen LogP contribution in [0.3, 0.4) is 0 Å². The highest BCUT2D eigenvalue weighted by molar-refractivity contribution is 5.90. The van der Waals surface area contributed by atoms with E-state index in [1.54, 1.807) is 17.9 Å². The molecule has 1 aliphatic carbocycles. The number of nitrogens with one attached hydrogen (secondary N) is 2. The van der Waals surface area contributed by atoms with E-state index in [0.717, 1.165) is 60.8 Å². The summed E-state index contributed by atoms with van der Waals surface area (Å²) in [4.78, 5) is 33.3. The van der Waals surface area contributed by atoms with Crippen LogP contribution in [-0.2, 0) is 9.59 Å². The average molecular weight is 490 g/mol. The first-order chi connectivity index (χ1) is 17.6. The van der Waals surface area contributed by atoms with Gasteiger partial charge in [0.25, 0.3) is 0 Å². The Bertz CT molecular complexity index is 1220. The number of pyridine rings is 1. The third-order valence-corrected chi connectivity index (χ3v) is 7.77. The van der Waals surface area contributed by atoms with Crippen LogP contribution in [-0.4, -0.2) is 62.4 Å². The summed E-state index contributed by atoms with van der Waals surface area (Å²) in [6.45, 7) is 2.50. The van der Waals surface area contributed by atoms with Crippen LogP contribution >= 0.6 is 0 Å². The van der Waals surface area contributed by atoms with Crippen molar-refractivity contribution < 1.29 is 9.59 Å². The zero-order valence-electron chi connectivity index (χ0n) is 21.1. The second kappa shape index (κ2) is 10.7. The molecule has 0 radical (unpaired) electrons. The largest absolute Gasteiger partial charge is 0.343 e. The molecule has 2 aromatic heterocycles. The number of carbonyl (C=O) groups excluding carboxylic acids is 2. The van der Waals surface area contributed by atoms with E-state index in [-0.39, 0.29) is 29.8 Å². The second-order valence-electron chi connectivity index (χ2n) is 10.1. The third kappa shape index (κ3) is 4.84. The molecule has 2 amide bonds. The summed E-state index contributed by atoms with van der Waals surface area (Å²) in [5.41, 5.74) is 3.53. The van der Waals surface area contributed by atoms with Crippen LogP contribution in [0.15, 0.2) is 42.7 Å². The predicted octanol–water partition coefficient (Wildman–Crippen LogP) is 3.15. The lowest BCUT2D eigenvalue weighted by Gasteiger charge is -2.35. The van der Waals surface area contributed by atoms with E-state index in [1.165, 1.54) is 6.42 Å². The van der Waals surface area contributed by atoms with Gasteiger partial charge in [-0.3, -0.25) is 14.6 Å². The maximum Gasteiger partial charge on any atom is 0.245 e. The van der Waals surface area contributed by atoms with Gasteiger partial charge in [0.05, 0.1) is 29.5 Å². The summed E-state index contributed by atoms with van der Waals surface area (Å²) in [5.74, 6) is 0.0723. The molecule has 190 valence electrons. The predicted molar refractivity (Wildman–Crippen MR) is 137 cm³/mol. The first-order valence-electron chi connectivity index (χ1n) is 13.1. The van der Waals surface area contributed by atoms with Crippen molar-refractivity contribution in [3.63, 3.8) is 0 Å². The zero-order valence-corrected chi connectivity index (χ0v) is 21.1. The lowest BCUT2D eigenvalue weighted by Crippen LogP contribution is -2.55. The first-order valence-corrected chi connectivity index (χ1v) is 13.1. The molecule has 1 aromatic carbocycles. The van der Waals surface area contributed by atoms with Gasteiger partial charge in [-0.1, -0.05) is 36.6 Å². The summed E-state index contributed by atoms with van der Waals surface area (Å²) in [5, 5.41) is 14.7. The summed E-state index contributed by atoms with van der Waals surface area (Å²) < 4.78 is 1.79. The van der Waals surface area contributed by atoms with Gasteiger partial charge in [0.2, 0.25) is 11.8 Å². The summed E-state index contributed by atoms with van der Waals surface area (Å²) in [7, 11) is 1.76. The Morgan fingerprint density at radius 2 is 1.86 bits per heavy atom.